The van der Waals surface area contributed by atoms with Crippen LogP contribution in [0.1, 0.15) is 21.7 Å². The molecule has 0 N–H and O–H groups in total. The summed E-state index contributed by atoms with van der Waals surface area (Å²) in [6, 6.07) is 16.8. The molecule has 0 saturated heterocycles. The highest BCUT2D eigenvalue weighted by Gasteiger charge is 2.17. The first kappa shape index (κ1) is 16.6. The van der Waals surface area contributed by atoms with Crippen LogP contribution in [0.4, 0.5) is 0 Å². The predicted octanol–water partition coefficient (Wildman–Crippen LogP) is 4.56. The van der Waals surface area contributed by atoms with Gasteiger partial charge in [-0.25, -0.2) is 9.48 Å². The maximum absolute atomic E-state index is 11.8. The Balaban J connectivity index is 2.09. The normalized spacial score (nSPS) is 10.6. The number of benzene rings is 2. The van der Waals surface area contributed by atoms with Crippen LogP contribution >= 0.6 is 23.2 Å². The lowest BCUT2D eigenvalue weighted by Gasteiger charge is -2.09. The van der Waals surface area contributed by atoms with Crippen molar-refractivity contribution in [3.8, 4) is 5.69 Å². The molecule has 0 saturated carbocycles. The summed E-state index contributed by atoms with van der Waals surface area (Å²) in [4.78, 5) is 11.8. The standard InChI is InChI=1S/C18H14Cl2N2O2/c1-24-18(23)16-11-14(9-12-5-3-2-4-6-12)22(21-16)17-8-7-13(19)10-15(17)20/h2-8,10-11H,9H2,1H3. The SMILES string of the molecule is COC(=O)c1cc(Cc2ccccc2)n(-c2ccc(Cl)cc2Cl)n1. The number of methoxy groups -OCH3 is 1. The fraction of sp³-hybridized carbons (Fsp3) is 0.111. The molecule has 0 amide bonds. The number of rotatable bonds is 4. The Labute approximate surface area is 149 Å². The first-order valence-corrected chi connectivity index (χ1v) is 8.00. The molecule has 3 aromatic rings. The maximum atomic E-state index is 11.8. The van der Waals surface area contributed by atoms with E-state index in [2.05, 4.69) is 5.10 Å². The fourth-order valence-electron chi connectivity index (χ4n) is 2.42. The van der Waals surface area contributed by atoms with Crippen molar-refractivity contribution < 1.29 is 9.53 Å². The summed E-state index contributed by atoms with van der Waals surface area (Å²) in [6.07, 6.45) is 0.601. The molecule has 0 spiro atoms. The van der Waals surface area contributed by atoms with Crippen LogP contribution in [0.3, 0.4) is 0 Å². The predicted molar refractivity (Wildman–Crippen MR) is 94.2 cm³/mol. The monoisotopic (exact) mass is 360 g/mol. The van der Waals surface area contributed by atoms with E-state index in [1.54, 1.807) is 28.9 Å². The molecule has 0 aliphatic carbocycles. The first-order chi connectivity index (χ1) is 11.6. The third kappa shape index (κ3) is 3.45. The van der Waals surface area contributed by atoms with E-state index in [0.29, 0.717) is 22.2 Å². The zero-order chi connectivity index (χ0) is 17.1. The number of aromatic nitrogens is 2. The number of ether oxygens (including phenoxy) is 1. The van der Waals surface area contributed by atoms with Crippen molar-refractivity contribution in [2.24, 2.45) is 0 Å². The van der Waals surface area contributed by atoms with Gasteiger partial charge in [-0.1, -0.05) is 53.5 Å². The Hall–Kier alpha value is -2.30. The van der Waals surface area contributed by atoms with Crippen molar-refractivity contribution in [3.05, 3.63) is 81.6 Å². The van der Waals surface area contributed by atoms with E-state index in [1.807, 2.05) is 30.3 Å². The summed E-state index contributed by atoms with van der Waals surface area (Å²) in [5.74, 6) is -0.492. The lowest BCUT2D eigenvalue weighted by atomic mass is 10.1. The molecule has 0 radical (unpaired) electrons. The van der Waals surface area contributed by atoms with Crippen molar-refractivity contribution in [2.45, 2.75) is 6.42 Å². The summed E-state index contributed by atoms with van der Waals surface area (Å²) >= 11 is 12.3. The summed E-state index contributed by atoms with van der Waals surface area (Å²) in [7, 11) is 1.33. The zero-order valence-corrected chi connectivity index (χ0v) is 14.4. The second-order valence-corrected chi connectivity index (χ2v) is 6.03. The lowest BCUT2D eigenvalue weighted by molar-refractivity contribution is 0.0593. The Kier molecular flexibility index (Phi) is 4.88. The Morgan fingerprint density at radius 1 is 1.12 bits per heavy atom. The molecule has 0 aliphatic rings. The van der Waals surface area contributed by atoms with E-state index in [9.17, 15) is 4.79 Å². The average molecular weight is 361 g/mol. The third-order valence-electron chi connectivity index (χ3n) is 3.54. The minimum absolute atomic E-state index is 0.231. The second kappa shape index (κ2) is 7.07. The molecular weight excluding hydrogens is 347 g/mol. The molecule has 6 heteroatoms. The van der Waals surface area contributed by atoms with Crippen molar-refractivity contribution in [1.82, 2.24) is 9.78 Å². The number of carbonyl (C=O) groups is 1. The van der Waals surface area contributed by atoms with Gasteiger partial charge in [0.2, 0.25) is 0 Å². The van der Waals surface area contributed by atoms with Gasteiger partial charge in [0.1, 0.15) is 0 Å². The fourth-order valence-corrected chi connectivity index (χ4v) is 2.91. The van der Waals surface area contributed by atoms with Crippen LogP contribution in [0.5, 0.6) is 0 Å². The zero-order valence-electron chi connectivity index (χ0n) is 12.9. The molecular formula is C18H14Cl2N2O2. The number of hydrogen-bond donors (Lipinski definition) is 0. The summed E-state index contributed by atoms with van der Waals surface area (Å²) < 4.78 is 6.42. The van der Waals surface area contributed by atoms with Crippen LogP contribution in [0, 0.1) is 0 Å². The van der Waals surface area contributed by atoms with Crippen molar-refractivity contribution in [2.75, 3.05) is 7.11 Å². The quantitative estimate of drug-likeness (QED) is 0.640. The molecule has 122 valence electrons. The van der Waals surface area contributed by atoms with E-state index in [-0.39, 0.29) is 5.69 Å². The highest BCUT2D eigenvalue weighted by molar-refractivity contribution is 6.35. The topological polar surface area (TPSA) is 44.1 Å². The number of carbonyl (C=O) groups excluding carboxylic acids is 1. The molecule has 2 aromatic carbocycles. The number of esters is 1. The van der Waals surface area contributed by atoms with E-state index in [1.165, 1.54) is 7.11 Å². The molecule has 0 fully saturated rings. The van der Waals surface area contributed by atoms with E-state index < -0.39 is 5.97 Å². The minimum Gasteiger partial charge on any atom is -0.464 e. The summed E-state index contributed by atoms with van der Waals surface area (Å²) in [5.41, 5.74) is 2.81. The Bertz CT molecular complexity index is 876. The first-order valence-electron chi connectivity index (χ1n) is 7.25. The van der Waals surface area contributed by atoms with Gasteiger partial charge in [-0.15, -0.1) is 0 Å². The molecule has 24 heavy (non-hydrogen) atoms. The molecule has 1 aromatic heterocycles. The molecule has 1 heterocycles. The average Bonchev–Trinajstić information content (AvgIpc) is 2.98. The van der Waals surface area contributed by atoms with Crippen LogP contribution in [0.2, 0.25) is 10.0 Å². The van der Waals surface area contributed by atoms with Crippen LogP contribution in [-0.4, -0.2) is 22.9 Å². The van der Waals surface area contributed by atoms with Crippen molar-refractivity contribution in [3.63, 3.8) is 0 Å². The van der Waals surface area contributed by atoms with Gasteiger partial charge < -0.3 is 4.74 Å². The molecule has 0 aliphatic heterocycles. The molecule has 0 atom stereocenters. The molecule has 0 bridgehead atoms. The Morgan fingerprint density at radius 2 is 1.88 bits per heavy atom. The number of halogens is 2. The van der Waals surface area contributed by atoms with Crippen LogP contribution in [0.15, 0.2) is 54.6 Å². The van der Waals surface area contributed by atoms with Crippen LogP contribution < -0.4 is 0 Å². The van der Waals surface area contributed by atoms with E-state index in [4.69, 9.17) is 27.9 Å². The van der Waals surface area contributed by atoms with Gasteiger partial charge in [0.05, 0.1) is 17.8 Å². The third-order valence-corrected chi connectivity index (χ3v) is 4.08. The molecule has 4 nitrogen and oxygen atoms in total. The second-order valence-electron chi connectivity index (χ2n) is 5.18. The Morgan fingerprint density at radius 3 is 2.54 bits per heavy atom. The van der Waals surface area contributed by atoms with Gasteiger partial charge in [0, 0.05) is 17.1 Å². The largest absolute Gasteiger partial charge is 0.464 e. The van der Waals surface area contributed by atoms with Gasteiger partial charge in [0.25, 0.3) is 0 Å². The summed E-state index contributed by atoms with van der Waals surface area (Å²) in [5, 5.41) is 5.34. The smallest absolute Gasteiger partial charge is 0.358 e. The highest BCUT2D eigenvalue weighted by atomic mass is 35.5. The van der Waals surface area contributed by atoms with Gasteiger partial charge in [-0.3, -0.25) is 0 Å². The summed E-state index contributed by atoms with van der Waals surface area (Å²) in [6.45, 7) is 0. The van der Waals surface area contributed by atoms with Crippen molar-refractivity contribution >= 4 is 29.2 Å². The molecule has 3 rings (SSSR count). The number of nitrogens with zero attached hydrogens (tertiary/aromatic N) is 2. The van der Waals surface area contributed by atoms with Crippen molar-refractivity contribution in [1.29, 1.82) is 0 Å². The maximum Gasteiger partial charge on any atom is 0.358 e. The van der Waals surface area contributed by atoms with E-state index in [0.717, 1.165) is 11.3 Å². The minimum atomic E-state index is -0.492. The number of hydrogen-bond acceptors (Lipinski definition) is 3. The highest BCUT2D eigenvalue weighted by Crippen LogP contribution is 2.26. The van der Waals surface area contributed by atoms with Gasteiger partial charge >= 0.3 is 5.97 Å². The van der Waals surface area contributed by atoms with Gasteiger partial charge in [0.15, 0.2) is 5.69 Å². The van der Waals surface area contributed by atoms with Gasteiger partial charge in [-0.05, 0) is 29.8 Å². The lowest BCUT2D eigenvalue weighted by Crippen LogP contribution is -2.06. The van der Waals surface area contributed by atoms with Crippen LogP contribution in [-0.2, 0) is 11.2 Å². The van der Waals surface area contributed by atoms with E-state index >= 15 is 0 Å². The van der Waals surface area contributed by atoms with Gasteiger partial charge in [-0.2, -0.15) is 5.10 Å². The van der Waals surface area contributed by atoms with Crippen LogP contribution in [0.25, 0.3) is 5.69 Å². The molecule has 0 unspecified atom stereocenters.